The van der Waals surface area contributed by atoms with Gasteiger partial charge in [-0.25, -0.2) is 0 Å². The number of rotatable bonds is 8. The summed E-state index contributed by atoms with van der Waals surface area (Å²) in [5.74, 6) is 1.24. The molecule has 1 aliphatic rings. The smallest absolute Gasteiger partial charge is 0.120 e. The molecular formula is C24H33NO3. The van der Waals surface area contributed by atoms with Gasteiger partial charge in [0.2, 0.25) is 0 Å². The predicted molar refractivity (Wildman–Crippen MR) is 113 cm³/mol. The lowest BCUT2D eigenvalue weighted by Gasteiger charge is -2.47. The summed E-state index contributed by atoms with van der Waals surface area (Å²) in [6, 6.07) is 16.1. The van der Waals surface area contributed by atoms with Crippen molar-refractivity contribution in [2.75, 3.05) is 20.3 Å². The SMILES string of the molecule is CC[C@]1(C)C[C@@](CCNCc2ccccc2O)(c2ccc(OC)cc2)CCO1. The Hall–Kier alpha value is -2.04. The molecule has 1 heterocycles. The quantitative estimate of drug-likeness (QED) is 0.643. The number of hydrogen-bond donors (Lipinski definition) is 2. The van der Waals surface area contributed by atoms with Gasteiger partial charge in [-0.3, -0.25) is 0 Å². The van der Waals surface area contributed by atoms with E-state index in [-0.39, 0.29) is 11.0 Å². The number of benzene rings is 2. The number of ether oxygens (including phenoxy) is 2. The third-order valence-electron chi connectivity index (χ3n) is 6.28. The van der Waals surface area contributed by atoms with Gasteiger partial charge in [-0.2, -0.15) is 0 Å². The van der Waals surface area contributed by atoms with Crippen LogP contribution in [0.5, 0.6) is 11.5 Å². The van der Waals surface area contributed by atoms with Gasteiger partial charge in [-0.1, -0.05) is 37.3 Å². The van der Waals surface area contributed by atoms with E-state index in [1.54, 1.807) is 13.2 Å². The molecular weight excluding hydrogens is 350 g/mol. The number of aromatic hydroxyl groups is 1. The minimum atomic E-state index is -0.0874. The molecule has 2 N–H and O–H groups in total. The molecule has 0 saturated carbocycles. The van der Waals surface area contributed by atoms with Crippen molar-refractivity contribution in [2.45, 2.75) is 57.1 Å². The van der Waals surface area contributed by atoms with Crippen molar-refractivity contribution in [3.8, 4) is 11.5 Å². The van der Waals surface area contributed by atoms with Crippen LogP contribution < -0.4 is 10.1 Å². The minimum absolute atomic E-state index is 0.0843. The van der Waals surface area contributed by atoms with Crippen LogP contribution >= 0.6 is 0 Å². The van der Waals surface area contributed by atoms with Crippen LogP contribution in [0.2, 0.25) is 0 Å². The summed E-state index contributed by atoms with van der Waals surface area (Å²) in [4.78, 5) is 0. The second kappa shape index (κ2) is 8.97. The second-order valence-corrected chi connectivity index (χ2v) is 8.14. The van der Waals surface area contributed by atoms with Gasteiger partial charge in [-0.05, 0) is 62.9 Å². The van der Waals surface area contributed by atoms with Crippen molar-refractivity contribution in [3.63, 3.8) is 0 Å². The highest BCUT2D eigenvalue weighted by atomic mass is 16.5. The van der Waals surface area contributed by atoms with Gasteiger partial charge in [0, 0.05) is 24.1 Å². The average Bonchev–Trinajstić information content (AvgIpc) is 2.72. The molecule has 0 bridgehead atoms. The number of hydrogen-bond acceptors (Lipinski definition) is 4. The molecule has 28 heavy (non-hydrogen) atoms. The Labute approximate surface area is 168 Å². The Bertz CT molecular complexity index is 761. The fraction of sp³-hybridized carbons (Fsp3) is 0.500. The Kier molecular flexibility index (Phi) is 6.63. The highest BCUT2D eigenvalue weighted by Gasteiger charge is 2.43. The molecule has 2 aromatic rings. The van der Waals surface area contributed by atoms with E-state index in [2.05, 4.69) is 43.4 Å². The first-order valence-electron chi connectivity index (χ1n) is 10.3. The molecule has 2 atom stereocenters. The summed E-state index contributed by atoms with van der Waals surface area (Å²) < 4.78 is 11.5. The number of phenols is 1. The van der Waals surface area contributed by atoms with Crippen LogP contribution in [0, 0.1) is 0 Å². The zero-order valence-electron chi connectivity index (χ0n) is 17.3. The molecule has 1 aliphatic heterocycles. The van der Waals surface area contributed by atoms with E-state index in [1.165, 1.54) is 5.56 Å². The standard InChI is InChI=1S/C24H33NO3/c1-4-23(2)18-24(14-16-28-23,20-9-11-21(27-3)12-10-20)13-15-25-17-19-7-5-6-8-22(19)26/h5-12,25-26H,4,13-18H2,1-3H3/t23-,24+/m1/s1. The number of nitrogens with one attached hydrogen (secondary N) is 1. The topological polar surface area (TPSA) is 50.7 Å². The van der Waals surface area contributed by atoms with Crippen molar-refractivity contribution in [3.05, 3.63) is 59.7 Å². The lowest BCUT2D eigenvalue weighted by molar-refractivity contribution is -0.0979. The maximum Gasteiger partial charge on any atom is 0.120 e. The zero-order chi connectivity index (χ0) is 20.0. The summed E-state index contributed by atoms with van der Waals surface area (Å²) in [5.41, 5.74) is 2.30. The molecule has 0 radical (unpaired) electrons. The van der Waals surface area contributed by atoms with Crippen LogP contribution in [0.15, 0.2) is 48.5 Å². The van der Waals surface area contributed by atoms with E-state index in [0.717, 1.165) is 50.1 Å². The summed E-state index contributed by atoms with van der Waals surface area (Å²) >= 11 is 0. The van der Waals surface area contributed by atoms with Crippen molar-refractivity contribution in [1.29, 1.82) is 0 Å². The molecule has 2 aromatic carbocycles. The molecule has 0 spiro atoms. The second-order valence-electron chi connectivity index (χ2n) is 8.14. The number of phenolic OH excluding ortho intramolecular Hbond substituents is 1. The molecule has 0 amide bonds. The molecule has 152 valence electrons. The lowest BCUT2D eigenvalue weighted by Crippen LogP contribution is -2.46. The van der Waals surface area contributed by atoms with Gasteiger partial charge in [0.15, 0.2) is 0 Å². The third kappa shape index (κ3) is 4.68. The summed E-state index contributed by atoms with van der Waals surface area (Å²) in [7, 11) is 1.70. The van der Waals surface area contributed by atoms with Gasteiger partial charge < -0.3 is 19.9 Å². The molecule has 0 aliphatic carbocycles. The van der Waals surface area contributed by atoms with Gasteiger partial charge in [0.05, 0.1) is 12.7 Å². The fourth-order valence-corrected chi connectivity index (χ4v) is 4.33. The Morgan fingerprint density at radius 2 is 1.89 bits per heavy atom. The Morgan fingerprint density at radius 3 is 2.57 bits per heavy atom. The highest BCUT2D eigenvalue weighted by Crippen LogP contribution is 2.45. The maximum atomic E-state index is 9.97. The molecule has 0 aromatic heterocycles. The monoisotopic (exact) mass is 383 g/mol. The van der Waals surface area contributed by atoms with Crippen LogP contribution in [0.1, 0.15) is 50.7 Å². The molecule has 4 heteroatoms. The van der Waals surface area contributed by atoms with Gasteiger partial charge in [0.25, 0.3) is 0 Å². The van der Waals surface area contributed by atoms with Crippen LogP contribution in [0.25, 0.3) is 0 Å². The Balaban J connectivity index is 1.73. The minimum Gasteiger partial charge on any atom is -0.508 e. The largest absolute Gasteiger partial charge is 0.508 e. The lowest BCUT2D eigenvalue weighted by atomic mass is 9.66. The molecule has 1 saturated heterocycles. The van der Waals surface area contributed by atoms with E-state index in [0.29, 0.717) is 12.3 Å². The van der Waals surface area contributed by atoms with Crippen LogP contribution in [0.4, 0.5) is 0 Å². The van der Waals surface area contributed by atoms with Gasteiger partial charge in [-0.15, -0.1) is 0 Å². The number of para-hydroxylation sites is 1. The first kappa shape index (κ1) is 20.7. The fourth-order valence-electron chi connectivity index (χ4n) is 4.33. The van der Waals surface area contributed by atoms with E-state index < -0.39 is 0 Å². The predicted octanol–water partition coefficient (Wildman–Crippen LogP) is 4.80. The summed E-state index contributed by atoms with van der Waals surface area (Å²) in [6.45, 7) is 6.79. The van der Waals surface area contributed by atoms with E-state index >= 15 is 0 Å². The maximum absolute atomic E-state index is 9.97. The Morgan fingerprint density at radius 1 is 1.14 bits per heavy atom. The molecule has 4 nitrogen and oxygen atoms in total. The average molecular weight is 384 g/mol. The van der Waals surface area contributed by atoms with Crippen LogP contribution in [0.3, 0.4) is 0 Å². The third-order valence-corrected chi connectivity index (χ3v) is 6.28. The first-order chi connectivity index (χ1) is 13.5. The summed E-state index contributed by atoms with van der Waals surface area (Å²) in [6.07, 6.45) is 4.08. The normalized spacial score (nSPS) is 24.8. The van der Waals surface area contributed by atoms with Gasteiger partial charge >= 0.3 is 0 Å². The molecule has 0 unspecified atom stereocenters. The number of methoxy groups -OCH3 is 1. The van der Waals surface area contributed by atoms with E-state index in [4.69, 9.17) is 9.47 Å². The zero-order valence-corrected chi connectivity index (χ0v) is 17.3. The summed E-state index contributed by atoms with van der Waals surface area (Å²) in [5, 5.41) is 13.5. The van der Waals surface area contributed by atoms with Crippen molar-refractivity contribution in [1.82, 2.24) is 5.32 Å². The van der Waals surface area contributed by atoms with Crippen LogP contribution in [-0.4, -0.2) is 31.0 Å². The van der Waals surface area contributed by atoms with Crippen molar-refractivity contribution in [2.24, 2.45) is 0 Å². The van der Waals surface area contributed by atoms with Crippen LogP contribution in [-0.2, 0) is 16.7 Å². The van der Waals surface area contributed by atoms with Crippen molar-refractivity contribution < 1.29 is 14.6 Å². The molecule has 3 rings (SSSR count). The van der Waals surface area contributed by atoms with E-state index in [9.17, 15) is 5.11 Å². The van der Waals surface area contributed by atoms with Gasteiger partial charge in [0.1, 0.15) is 11.5 Å². The van der Waals surface area contributed by atoms with Crippen molar-refractivity contribution >= 4 is 0 Å². The molecule has 1 fully saturated rings. The highest BCUT2D eigenvalue weighted by molar-refractivity contribution is 5.34. The first-order valence-corrected chi connectivity index (χ1v) is 10.3. The van der Waals surface area contributed by atoms with E-state index in [1.807, 2.05) is 18.2 Å².